The average molecular weight is 459 g/mol. The minimum absolute atomic E-state index is 0.0120. The second kappa shape index (κ2) is 9.83. The van der Waals surface area contributed by atoms with Crippen molar-refractivity contribution >= 4 is 45.0 Å². The van der Waals surface area contributed by atoms with E-state index in [1.54, 1.807) is 0 Å². The van der Waals surface area contributed by atoms with E-state index in [0.717, 1.165) is 34.3 Å². The molecule has 2 amide bonds. The van der Waals surface area contributed by atoms with Gasteiger partial charge in [-0.25, -0.2) is 0 Å². The maximum Gasteiger partial charge on any atom is 0.261 e. The Labute approximate surface area is 191 Å². The molecule has 1 aliphatic carbocycles. The number of benzene rings is 1. The highest BCUT2D eigenvalue weighted by molar-refractivity contribution is 7.20. The molecule has 1 fully saturated rings. The van der Waals surface area contributed by atoms with Crippen molar-refractivity contribution in [2.75, 3.05) is 6.54 Å². The first kappa shape index (κ1) is 21.8. The number of hydrogen-bond donors (Lipinski definition) is 2. The third-order valence-electron chi connectivity index (χ3n) is 5.68. The lowest BCUT2D eigenvalue weighted by Gasteiger charge is -2.22. The Balaban J connectivity index is 1.35. The standard InChI is InChI=1S/C23H27ClN4O2S/c1-15-19-13-20(22(30)25-12-11-21(29)26-18-5-3-2-4-6-18)31-23(19)28(27-15)14-16-7-9-17(24)10-8-16/h7-10,13,18H,2-6,11-12,14H2,1H3,(H,25,30)(H,26,29). The summed E-state index contributed by atoms with van der Waals surface area (Å²) in [5.74, 6) is -0.137. The number of nitrogens with zero attached hydrogens (tertiary/aromatic N) is 2. The van der Waals surface area contributed by atoms with Gasteiger partial charge in [-0.2, -0.15) is 5.10 Å². The summed E-state index contributed by atoms with van der Waals surface area (Å²) in [6.07, 6.45) is 6.05. The van der Waals surface area contributed by atoms with E-state index in [1.165, 1.54) is 30.6 Å². The Hall–Kier alpha value is -2.38. The number of carbonyl (C=O) groups excluding carboxylic acids is 2. The number of aryl methyl sites for hydroxylation is 1. The van der Waals surface area contributed by atoms with Crippen LogP contribution in [0.1, 0.15) is 59.5 Å². The van der Waals surface area contributed by atoms with E-state index in [9.17, 15) is 9.59 Å². The first-order valence-electron chi connectivity index (χ1n) is 10.8. The van der Waals surface area contributed by atoms with Gasteiger partial charge in [0.15, 0.2) is 0 Å². The smallest absolute Gasteiger partial charge is 0.261 e. The molecule has 0 radical (unpaired) electrons. The predicted octanol–water partition coefficient (Wildman–Crippen LogP) is 4.68. The SMILES string of the molecule is Cc1nn(Cc2ccc(Cl)cc2)c2sc(C(=O)NCCC(=O)NC3CCCCC3)cc12. The predicted molar refractivity (Wildman–Crippen MR) is 125 cm³/mol. The Kier molecular flexibility index (Phi) is 6.92. The number of nitrogens with one attached hydrogen (secondary N) is 2. The molecule has 1 saturated carbocycles. The molecule has 2 heterocycles. The molecule has 6 nitrogen and oxygen atoms in total. The number of carbonyl (C=O) groups is 2. The number of thiophene rings is 1. The number of amides is 2. The maximum absolute atomic E-state index is 12.6. The highest BCUT2D eigenvalue weighted by atomic mass is 35.5. The van der Waals surface area contributed by atoms with Crippen LogP contribution in [0.25, 0.3) is 10.2 Å². The minimum Gasteiger partial charge on any atom is -0.353 e. The number of rotatable bonds is 7. The van der Waals surface area contributed by atoms with E-state index in [-0.39, 0.29) is 11.8 Å². The lowest BCUT2D eigenvalue weighted by molar-refractivity contribution is -0.121. The molecule has 1 aromatic carbocycles. The highest BCUT2D eigenvalue weighted by Gasteiger charge is 2.18. The van der Waals surface area contributed by atoms with Gasteiger partial charge in [0, 0.05) is 29.4 Å². The lowest BCUT2D eigenvalue weighted by Crippen LogP contribution is -2.38. The molecule has 8 heteroatoms. The van der Waals surface area contributed by atoms with E-state index in [0.29, 0.717) is 35.5 Å². The Morgan fingerprint density at radius 2 is 1.94 bits per heavy atom. The molecule has 2 aromatic heterocycles. The van der Waals surface area contributed by atoms with Gasteiger partial charge in [0.2, 0.25) is 5.91 Å². The second-order valence-corrected chi connectivity index (χ2v) is 9.57. The van der Waals surface area contributed by atoms with Crippen LogP contribution in [0.3, 0.4) is 0 Å². The average Bonchev–Trinajstić information content (AvgIpc) is 3.32. The fourth-order valence-corrected chi connectivity index (χ4v) is 5.22. The van der Waals surface area contributed by atoms with E-state index in [4.69, 9.17) is 11.6 Å². The maximum atomic E-state index is 12.6. The highest BCUT2D eigenvalue weighted by Crippen LogP contribution is 2.29. The van der Waals surface area contributed by atoms with Crippen molar-refractivity contribution in [2.45, 2.75) is 58.0 Å². The van der Waals surface area contributed by atoms with Crippen molar-refractivity contribution in [1.29, 1.82) is 0 Å². The monoisotopic (exact) mass is 458 g/mol. The largest absolute Gasteiger partial charge is 0.353 e. The summed E-state index contributed by atoms with van der Waals surface area (Å²) in [4.78, 5) is 26.4. The van der Waals surface area contributed by atoms with Crippen molar-refractivity contribution in [1.82, 2.24) is 20.4 Å². The number of aromatic nitrogens is 2. The molecule has 164 valence electrons. The molecular weight excluding hydrogens is 432 g/mol. The molecule has 0 aliphatic heterocycles. The van der Waals surface area contributed by atoms with Gasteiger partial charge in [-0.1, -0.05) is 43.0 Å². The van der Waals surface area contributed by atoms with Crippen molar-refractivity contribution in [3.63, 3.8) is 0 Å². The summed E-state index contributed by atoms with van der Waals surface area (Å²) in [6, 6.07) is 9.86. The minimum atomic E-state index is -0.149. The molecule has 3 aromatic rings. The number of fused-ring (bicyclic) bond motifs is 1. The van der Waals surface area contributed by atoms with Crippen molar-refractivity contribution in [2.24, 2.45) is 0 Å². The molecule has 31 heavy (non-hydrogen) atoms. The zero-order valence-corrected chi connectivity index (χ0v) is 19.2. The van der Waals surface area contributed by atoms with E-state index in [1.807, 2.05) is 41.9 Å². The van der Waals surface area contributed by atoms with Gasteiger partial charge >= 0.3 is 0 Å². The normalized spacial score (nSPS) is 14.6. The summed E-state index contributed by atoms with van der Waals surface area (Å²) < 4.78 is 1.92. The molecular formula is C23H27ClN4O2S. The molecule has 4 rings (SSSR count). The zero-order valence-electron chi connectivity index (χ0n) is 17.6. The quantitative estimate of drug-likeness (QED) is 0.539. The van der Waals surface area contributed by atoms with Crippen LogP contribution in [0.2, 0.25) is 5.02 Å². The summed E-state index contributed by atoms with van der Waals surface area (Å²) in [5, 5.41) is 12.3. The van der Waals surface area contributed by atoms with Crippen LogP contribution in [0.5, 0.6) is 0 Å². The Morgan fingerprint density at radius 3 is 2.68 bits per heavy atom. The van der Waals surface area contributed by atoms with Gasteiger partial charge in [-0.15, -0.1) is 11.3 Å². The molecule has 0 bridgehead atoms. The van der Waals surface area contributed by atoms with Crippen LogP contribution in [-0.2, 0) is 11.3 Å². The number of halogens is 1. The molecule has 0 saturated heterocycles. The van der Waals surface area contributed by atoms with Crippen LogP contribution in [0, 0.1) is 6.92 Å². The van der Waals surface area contributed by atoms with Gasteiger partial charge in [0.25, 0.3) is 5.91 Å². The number of hydrogen-bond acceptors (Lipinski definition) is 4. The van der Waals surface area contributed by atoms with Crippen LogP contribution in [-0.4, -0.2) is 34.2 Å². The third-order valence-corrected chi connectivity index (χ3v) is 7.08. The van der Waals surface area contributed by atoms with Gasteiger partial charge in [0.1, 0.15) is 4.83 Å². The fraction of sp³-hybridized carbons (Fsp3) is 0.435. The fourth-order valence-electron chi connectivity index (χ4n) is 4.02. The Morgan fingerprint density at radius 1 is 1.19 bits per heavy atom. The Bertz CT molecular complexity index is 1070. The van der Waals surface area contributed by atoms with E-state index < -0.39 is 0 Å². The van der Waals surface area contributed by atoms with Crippen molar-refractivity contribution in [3.8, 4) is 0 Å². The van der Waals surface area contributed by atoms with Crippen LogP contribution in [0.15, 0.2) is 30.3 Å². The third kappa shape index (κ3) is 5.46. The molecule has 2 N–H and O–H groups in total. The van der Waals surface area contributed by atoms with E-state index in [2.05, 4.69) is 15.7 Å². The molecule has 0 atom stereocenters. The van der Waals surface area contributed by atoms with Crippen molar-refractivity contribution < 1.29 is 9.59 Å². The summed E-state index contributed by atoms with van der Waals surface area (Å²) in [5.41, 5.74) is 1.99. The molecule has 0 spiro atoms. The molecule has 1 aliphatic rings. The van der Waals surface area contributed by atoms with Crippen LogP contribution >= 0.6 is 22.9 Å². The van der Waals surface area contributed by atoms with Crippen LogP contribution in [0.4, 0.5) is 0 Å². The van der Waals surface area contributed by atoms with Crippen LogP contribution < -0.4 is 10.6 Å². The second-order valence-electron chi connectivity index (χ2n) is 8.11. The van der Waals surface area contributed by atoms with Gasteiger partial charge in [-0.3, -0.25) is 14.3 Å². The van der Waals surface area contributed by atoms with Crippen molar-refractivity contribution in [3.05, 3.63) is 51.5 Å². The van der Waals surface area contributed by atoms with E-state index >= 15 is 0 Å². The van der Waals surface area contributed by atoms with Gasteiger partial charge in [-0.05, 0) is 43.5 Å². The van der Waals surface area contributed by atoms with Gasteiger partial charge in [0.05, 0.1) is 17.1 Å². The summed E-state index contributed by atoms with van der Waals surface area (Å²) in [7, 11) is 0. The lowest BCUT2D eigenvalue weighted by atomic mass is 9.95. The zero-order chi connectivity index (χ0) is 21.8. The summed E-state index contributed by atoms with van der Waals surface area (Å²) in [6.45, 7) is 2.90. The summed E-state index contributed by atoms with van der Waals surface area (Å²) >= 11 is 7.40. The topological polar surface area (TPSA) is 76.0 Å². The first-order valence-corrected chi connectivity index (χ1v) is 12.0. The first-order chi connectivity index (χ1) is 15.0. The van der Waals surface area contributed by atoms with Gasteiger partial charge < -0.3 is 10.6 Å². The molecule has 0 unspecified atom stereocenters.